The van der Waals surface area contributed by atoms with Crippen LogP contribution >= 0.6 is 15.9 Å². The molecule has 0 saturated heterocycles. The molecule has 0 aliphatic rings. The van der Waals surface area contributed by atoms with Crippen molar-refractivity contribution in [2.24, 2.45) is 0 Å². The number of ether oxygens (including phenoxy) is 2. The van der Waals surface area contributed by atoms with E-state index in [-0.39, 0.29) is 6.61 Å². The summed E-state index contributed by atoms with van der Waals surface area (Å²) in [6, 6.07) is 10.9. The van der Waals surface area contributed by atoms with Gasteiger partial charge in [-0.3, -0.25) is 10.1 Å². The molecule has 3 amide bonds. The van der Waals surface area contributed by atoms with Gasteiger partial charge in [0.05, 0.1) is 11.1 Å². The highest BCUT2D eigenvalue weighted by Gasteiger charge is 2.10. The number of nitrogens with one attached hydrogen (secondary N) is 2. The van der Waals surface area contributed by atoms with Crippen molar-refractivity contribution in [3.05, 3.63) is 40.9 Å². The van der Waals surface area contributed by atoms with Crippen LogP contribution in [0.1, 0.15) is 0 Å². The molecule has 0 atom stereocenters. The van der Waals surface area contributed by atoms with Gasteiger partial charge in [-0.05, 0) is 32.8 Å². The fourth-order valence-corrected chi connectivity index (χ4v) is 2.55. The molecule has 2 aromatic rings. The van der Waals surface area contributed by atoms with Gasteiger partial charge in [0.1, 0.15) is 5.75 Å². The minimum atomic E-state index is -0.576. The van der Waals surface area contributed by atoms with E-state index < -0.39 is 11.9 Å². The van der Waals surface area contributed by atoms with Gasteiger partial charge in [0.25, 0.3) is 5.91 Å². The molecule has 0 spiro atoms. The summed E-state index contributed by atoms with van der Waals surface area (Å²) in [5, 5.41) is 6.72. The van der Waals surface area contributed by atoms with Crippen molar-refractivity contribution in [1.29, 1.82) is 0 Å². The molecule has 0 saturated carbocycles. The Morgan fingerprint density at radius 3 is 2.74 bits per heavy atom. The molecule has 6 nitrogen and oxygen atoms in total. The summed E-state index contributed by atoms with van der Waals surface area (Å²) < 4.78 is 11.0. The maximum absolute atomic E-state index is 11.7. The van der Waals surface area contributed by atoms with Gasteiger partial charge in [-0.25, -0.2) is 4.79 Å². The number of carbonyl (C=O) groups excluding carboxylic acids is 2. The van der Waals surface area contributed by atoms with Gasteiger partial charge in [0, 0.05) is 13.7 Å². The van der Waals surface area contributed by atoms with Gasteiger partial charge in [0.2, 0.25) is 0 Å². The predicted octanol–water partition coefficient (Wildman–Crippen LogP) is 2.45. The smallest absolute Gasteiger partial charge is 0.321 e. The zero-order valence-electron chi connectivity index (χ0n) is 12.6. The molecule has 0 radical (unpaired) electrons. The molecule has 0 aliphatic heterocycles. The Kier molecular flexibility index (Phi) is 6.37. The Morgan fingerprint density at radius 1 is 1.17 bits per heavy atom. The molecule has 7 heteroatoms. The number of urea groups is 1. The lowest BCUT2D eigenvalue weighted by Gasteiger charge is -2.10. The summed E-state index contributed by atoms with van der Waals surface area (Å²) in [5.41, 5.74) is 0. The number of imide groups is 1. The largest absolute Gasteiger partial charge is 0.483 e. The van der Waals surface area contributed by atoms with Crippen LogP contribution in [0.5, 0.6) is 5.75 Å². The summed E-state index contributed by atoms with van der Waals surface area (Å²) in [4.78, 5) is 23.1. The Morgan fingerprint density at radius 2 is 1.96 bits per heavy atom. The molecule has 2 N–H and O–H groups in total. The third kappa shape index (κ3) is 4.94. The average molecular weight is 381 g/mol. The van der Waals surface area contributed by atoms with Crippen LogP contribution in [0.25, 0.3) is 10.8 Å². The lowest BCUT2D eigenvalue weighted by Crippen LogP contribution is -2.42. The number of hydrogen-bond acceptors (Lipinski definition) is 4. The Labute approximate surface area is 142 Å². The summed E-state index contributed by atoms with van der Waals surface area (Å²) in [5.74, 6) is 0.0126. The highest BCUT2D eigenvalue weighted by Crippen LogP contribution is 2.32. The molecular weight excluding hydrogens is 364 g/mol. The van der Waals surface area contributed by atoms with Gasteiger partial charge in [-0.15, -0.1) is 0 Å². The Balaban J connectivity index is 1.89. The standard InChI is InChI=1S/C16H17BrN2O4/c1-22-9-8-18-16(21)19-14(20)10-23-13-7-6-11-4-2-3-5-12(11)15(13)17/h2-7H,8-10H2,1H3,(H2,18,19,20,21). The monoisotopic (exact) mass is 380 g/mol. The zero-order valence-corrected chi connectivity index (χ0v) is 14.2. The van der Waals surface area contributed by atoms with E-state index in [2.05, 4.69) is 26.6 Å². The fraction of sp³-hybridized carbons (Fsp3) is 0.250. The number of amides is 3. The van der Waals surface area contributed by atoms with Crippen molar-refractivity contribution in [2.75, 3.05) is 26.9 Å². The molecule has 122 valence electrons. The lowest BCUT2D eigenvalue weighted by molar-refractivity contribution is -0.122. The van der Waals surface area contributed by atoms with Crippen molar-refractivity contribution in [1.82, 2.24) is 10.6 Å². The highest BCUT2D eigenvalue weighted by atomic mass is 79.9. The van der Waals surface area contributed by atoms with Crippen molar-refractivity contribution >= 4 is 38.6 Å². The normalized spacial score (nSPS) is 10.3. The third-order valence-electron chi connectivity index (χ3n) is 3.03. The number of fused-ring (bicyclic) bond motifs is 1. The van der Waals surface area contributed by atoms with Gasteiger partial charge in [-0.1, -0.05) is 30.3 Å². The quantitative estimate of drug-likeness (QED) is 0.754. The van der Waals surface area contributed by atoms with Crippen LogP contribution in [0.4, 0.5) is 4.79 Å². The number of carbonyl (C=O) groups is 2. The van der Waals surface area contributed by atoms with E-state index >= 15 is 0 Å². The fourth-order valence-electron chi connectivity index (χ4n) is 1.94. The second-order valence-corrected chi connectivity index (χ2v) is 5.48. The number of methoxy groups -OCH3 is 1. The second-order valence-electron chi connectivity index (χ2n) is 4.68. The van der Waals surface area contributed by atoms with Crippen LogP contribution in [0, 0.1) is 0 Å². The molecular formula is C16H17BrN2O4. The van der Waals surface area contributed by atoms with E-state index in [9.17, 15) is 9.59 Å². The van der Waals surface area contributed by atoms with Crippen molar-refractivity contribution in [3.8, 4) is 5.75 Å². The first-order valence-electron chi connectivity index (χ1n) is 6.98. The van der Waals surface area contributed by atoms with Gasteiger partial charge in [-0.2, -0.15) is 0 Å². The predicted molar refractivity (Wildman–Crippen MR) is 90.6 cm³/mol. The van der Waals surface area contributed by atoms with Crippen molar-refractivity contribution in [3.63, 3.8) is 0 Å². The van der Waals surface area contributed by atoms with Crippen molar-refractivity contribution < 1.29 is 19.1 Å². The van der Waals surface area contributed by atoms with E-state index in [0.29, 0.717) is 18.9 Å². The minimum Gasteiger partial charge on any atom is -0.483 e. The lowest BCUT2D eigenvalue weighted by atomic mass is 10.1. The van der Waals surface area contributed by atoms with E-state index in [1.807, 2.05) is 30.3 Å². The minimum absolute atomic E-state index is 0.255. The molecule has 0 aromatic heterocycles. The first kappa shape index (κ1) is 17.2. The summed E-state index contributed by atoms with van der Waals surface area (Å²) in [6.07, 6.45) is 0. The van der Waals surface area contributed by atoms with Crippen LogP contribution in [0.3, 0.4) is 0 Å². The topological polar surface area (TPSA) is 76.7 Å². The molecule has 0 bridgehead atoms. The van der Waals surface area contributed by atoms with Gasteiger partial charge < -0.3 is 14.8 Å². The third-order valence-corrected chi connectivity index (χ3v) is 3.85. The number of hydrogen-bond donors (Lipinski definition) is 2. The molecule has 2 aromatic carbocycles. The molecule has 23 heavy (non-hydrogen) atoms. The van der Waals surface area contributed by atoms with Crippen LogP contribution in [-0.2, 0) is 9.53 Å². The Bertz CT molecular complexity index is 706. The van der Waals surface area contributed by atoms with E-state index in [0.717, 1.165) is 15.2 Å². The van der Waals surface area contributed by atoms with E-state index in [1.54, 1.807) is 6.07 Å². The average Bonchev–Trinajstić information content (AvgIpc) is 2.55. The number of benzene rings is 2. The Hall–Kier alpha value is -2.12. The van der Waals surface area contributed by atoms with Crippen LogP contribution in [0.15, 0.2) is 40.9 Å². The zero-order chi connectivity index (χ0) is 16.7. The SMILES string of the molecule is COCCNC(=O)NC(=O)COc1ccc2ccccc2c1Br. The molecule has 2 rings (SSSR count). The van der Waals surface area contributed by atoms with Crippen molar-refractivity contribution in [2.45, 2.75) is 0 Å². The molecule has 0 aliphatic carbocycles. The summed E-state index contributed by atoms with van der Waals surface area (Å²) >= 11 is 3.48. The number of rotatable bonds is 6. The highest BCUT2D eigenvalue weighted by molar-refractivity contribution is 9.10. The van der Waals surface area contributed by atoms with Gasteiger partial charge >= 0.3 is 6.03 Å². The van der Waals surface area contributed by atoms with Gasteiger partial charge in [0.15, 0.2) is 6.61 Å². The first-order chi connectivity index (χ1) is 11.1. The first-order valence-corrected chi connectivity index (χ1v) is 7.78. The van der Waals surface area contributed by atoms with E-state index in [4.69, 9.17) is 9.47 Å². The van der Waals surface area contributed by atoms with Crippen LogP contribution < -0.4 is 15.4 Å². The van der Waals surface area contributed by atoms with Crippen LogP contribution in [0.2, 0.25) is 0 Å². The summed E-state index contributed by atoms with van der Waals surface area (Å²) in [7, 11) is 1.53. The maximum atomic E-state index is 11.7. The molecule has 0 unspecified atom stereocenters. The summed E-state index contributed by atoms with van der Waals surface area (Å²) in [6.45, 7) is 0.448. The maximum Gasteiger partial charge on any atom is 0.321 e. The van der Waals surface area contributed by atoms with Crippen LogP contribution in [-0.4, -0.2) is 38.8 Å². The number of halogens is 1. The molecule has 0 fully saturated rings. The molecule has 0 heterocycles. The second kappa shape index (κ2) is 8.50. The van der Waals surface area contributed by atoms with E-state index in [1.165, 1.54) is 7.11 Å².